The van der Waals surface area contributed by atoms with E-state index < -0.39 is 11.6 Å². The van der Waals surface area contributed by atoms with Gasteiger partial charge in [0.05, 0.1) is 5.75 Å². The van der Waals surface area contributed by atoms with Crippen LogP contribution in [0.15, 0.2) is 23.1 Å². The van der Waals surface area contributed by atoms with Gasteiger partial charge in [-0.05, 0) is 37.0 Å². The van der Waals surface area contributed by atoms with Gasteiger partial charge in [-0.25, -0.2) is 8.78 Å². The molecule has 1 aliphatic carbocycles. The molecule has 3 N–H and O–H groups in total. The summed E-state index contributed by atoms with van der Waals surface area (Å²) in [5, 5.41) is 2.75. The van der Waals surface area contributed by atoms with Crippen molar-refractivity contribution in [2.75, 3.05) is 12.3 Å². The largest absolute Gasteiger partial charge is 0.354 e. The molecule has 0 bridgehead atoms. The van der Waals surface area contributed by atoms with Gasteiger partial charge in [-0.15, -0.1) is 24.2 Å². The standard InChI is InChI=1S/C13H16F2N2OS.ClH/c14-10-4-3-9(5-11(10)15)19-7-13(18)17-6-12(16)8-1-2-8;/h3-5,8,12H,1-2,6-7,16H2,(H,17,18);1H. The second-order valence-corrected chi connectivity index (χ2v) is 5.72. The van der Waals surface area contributed by atoms with Crippen LogP contribution < -0.4 is 11.1 Å². The second-order valence-electron chi connectivity index (χ2n) is 4.67. The highest BCUT2D eigenvalue weighted by atomic mass is 35.5. The molecule has 1 aromatic rings. The van der Waals surface area contributed by atoms with Crippen LogP contribution in [-0.2, 0) is 4.79 Å². The molecule has 1 unspecified atom stereocenters. The summed E-state index contributed by atoms with van der Waals surface area (Å²) < 4.78 is 25.7. The van der Waals surface area contributed by atoms with Crippen LogP contribution in [0.2, 0.25) is 0 Å². The summed E-state index contributed by atoms with van der Waals surface area (Å²) in [7, 11) is 0. The average molecular weight is 323 g/mol. The van der Waals surface area contributed by atoms with Gasteiger partial charge < -0.3 is 11.1 Å². The fraction of sp³-hybridized carbons (Fsp3) is 0.462. The zero-order chi connectivity index (χ0) is 13.8. The summed E-state index contributed by atoms with van der Waals surface area (Å²) in [5.74, 6) is -1.22. The van der Waals surface area contributed by atoms with E-state index in [-0.39, 0.29) is 30.1 Å². The third-order valence-electron chi connectivity index (χ3n) is 3.02. The predicted octanol–water partition coefficient (Wildman–Crippen LogP) is 2.33. The maximum atomic E-state index is 12.9. The van der Waals surface area contributed by atoms with Gasteiger partial charge in [0.15, 0.2) is 11.6 Å². The Hall–Kier alpha value is -0.850. The van der Waals surface area contributed by atoms with Crippen molar-refractivity contribution in [1.29, 1.82) is 0 Å². The molecular weight excluding hydrogens is 306 g/mol. The monoisotopic (exact) mass is 322 g/mol. The molecule has 2 rings (SSSR count). The Morgan fingerprint density at radius 3 is 2.70 bits per heavy atom. The van der Waals surface area contributed by atoms with Crippen molar-refractivity contribution in [2.45, 2.75) is 23.8 Å². The Bertz CT molecular complexity index is 472. The molecule has 0 aromatic heterocycles. The highest BCUT2D eigenvalue weighted by molar-refractivity contribution is 8.00. The third kappa shape index (κ3) is 5.26. The Labute approximate surface area is 127 Å². The molecule has 1 amide bonds. The van der Waals surface area contributed by atoms with E-state index in [9.17, 15) is 13.6 Å². The lowest BCUT2D eigenvalue weighted by Gasteiger charge is -2.11. The van der Waals surface area contributed by atoms with Crippen molar-refractivity contribution in [3.05, 3.63) is 29.8 Å². The minimum atomic E-state index is -0.902. The zero-order valence-electron chi connectivity index (χ0n) is 10.8. The number of benzene rings is 1. The average Bonchev–Trinajstić information content (AvgIpc) is 3.21. The summed E-state index contributed by atoms with van der Waals surface area (Å²) in [4.78, 5) is 12.1. The van der Waals surface area contributed by atoms with E-state index in [1.807, 2.05) is 0 Å². The number of rotatable bonds is 6. The van der Waals surface area contributed by atoms with E-state index in [4.69, 9.17) is 5.73 Å². The van der Waals surface area contributed by atoms with Crippen LogP contribution in [0.1, 0.15) is 12.8 Å². The number of amides is 1. The van der Waals surface area contributed by atoms with E-state index in [1.54, 1.807) is 0 Å². The third-order valence-corrected chi connectivity index (χ3v) is 4.02. The van der Waals surface area contributed by atoms with Gasteiger partial charge in [-0.3, -0.25) is 4.79 Å². The van der Waals surface area contributed by atoms with Crippen molar-refractivity contribution >= 4 is 30.1 Å². The molecule has 112 valence electrons. The molecule has 1 atom stereocenters. The molecule has 1 fully saturated rings. The Kier molecular flexibility index (Phi) is 6.71. The lowest BCUT2D eigenvalue weighted by atomic mass is 10.2. The molecule has 1 aromatic carbocycles. The van der Waals surface area contributed by atoms with E-state index in [2.05, 4.69) is 5.32 Å². The quantitative estimate of drug-likeness (QED) is 0.790. The first-order valence-electron chi connectivity index (χ1n) is 6.16. The SMILES string of the molecule is Cl.NC(CNC(=O)CSc1ccc(F)c(F)c1)C1CC1. The number of carbonyl (C=O) groups excluding carboxylic acids is 1. The van der Waals surface area contributed by atoms with Gasteiger partial charge in [0.1, 0.15) is 0 Å². The van der Waals surface area contributed by atoms with Gasteiger partial charge in [-0.1, -0.05) is 0 Å². The minimum absolute atomic E-state index is 0. The fourth-order valence-electron chi connectivity index (χ4n) is 1.69. The van der Waals surface area contributed by atoms with Crippen LogP contribution >= 0.6 is 24.2 Å². The second kappa shape index (κ2) is 7.81. The van der Waals surface area contributed by atoms with E-state index in [0.717, 1.165) is 25.0 Å². The van der Waals surface area contributed by atoms with Gasteiger partial charge >= 0.3 is 0 Å². The first-order chi connectivity index (χ1) is 9.06. The molecule has 1 saturated carbocycles. The number of hydrogen-bond acceptors (Lipinski definition) is 3. The summed E-state index contributed by atoms with van der Waals surface area (Å²) in [6.45, 7) is 0.474. The van der Waals surface area contributed by atoms with Crippen molar-refractivity contribution in [3.63, 3.8) is 0 Å². The number of halogens is 3. The minimum Gasteiger partial charge on any atom is -0.354 e. The van der Waals surface area contributed by atoms with E-state index in [0.29, 0.717) is 17.4 Å². The van der Waals surface area contributed by atoms with E-state index >= 15 is 0 Å². The van der Waals surface area contributed by atoms with Crippen molar-refractivity contribution in [1.82, 2.24) is 5.32 Å². The Morgan fingerprint density at radius 2 is 2.10 bits per heavy atom. The predicted molar refractivity (Wildman–Crippen MR) is 78.0 cm³/mol. The van der Waals surface area contributed by atoms with Crippen molar-refractivity contribution < 1.29 is 13.6 Å². The normalized spacial score (nSPS) is 15.3. The Balaban J connectivity index is 0.00000200. The van der Waals surface area contributed by atoms with Crippen LogP contribution in [0.4, 0.5) is 8.78 Å². The summed E-state index contributed by atoms with van der Waals surface area (Å²) >= 11 is 1.17. The smallest absolute Gasteiger partial charge is 0.230 e. The fourth-order valence-corrected chi connectivity index (χ4v) is 2.44. The van der Waals surface area contributed by atoms with Gasteiger partial charge in [-0.2, -0.15) is 0 Å². The van der Waals surface area contributed by atoms with E-state index in [1.165, 1.54) is 17.8 Å². The molecule has 20 heavy (non-hydrogen) atoms. The number of hydrogen-bond donors (Lipinski definition) is 2. The molecule has 0 aliphatic heterocycles. The first kappa shape index (κ1) is 17.2. The van der Waals surface area contributed by atoms with Crippen molar-refractivity contribution in [3.8, 4) is 0 Å². The Morgan fingerprint density at radius 1 is 1.40 bits per heavy atom. The summed E-state index contributed by atoms with van der Waals surface area (Å²) in [6.07, 6.45) is 2.28. The molecular formula is C13H17ClF2N2OS. The van der Waals surface area contributed by atoms with Gasteiger partial charge in [0.25, 0.3) is 0 Å². The van der Waals surface area contributed by atoms with Crippen LogP contribution in [0, 0.1) is 17.6 Å². The lowest BCUT2D eigenvalue weighted by Crippen LogP contribution is -2.39. The number of nitrogens with one attached hydrogen (secondary N) is 1. The maximum Gasteiger partial charge on any atom is 0.230 e. The molecule has 0 radical (unpaired) electrons. The molecule has 7 heteroatoms. The number of nitrogens with two attached hydrogens (primary N) is 1. The summed E-state index contributed by atoms with van der Waals surface area (Å²) in [6, 6.07) is 3.62. The molecule has 3 nitrogen and oxygen atoms in total. The maximum absolute atomic E-state index is 12.9. The highest BCUT2D eigenvalue weighted by Crippen LogP contribution is 2.31. The van der Waals surface area contributed by atoms with Gasteiger partial charge in [0.2, 0.25) is 5.91 Å². The van der Waals surface area contributed by atoms with Crippen LogP contribution in [0.5, 0.6) is 0 Å². The van der Waals surface area contributed by atoms with Crippen LogP contribution in [0.25, 0.3) is 0 Å². The van der Waals surface area contributed by atoms with Crippen LogP contribution in [0.3, 0.4) is 0 Å². The zero-order valence-corrected chi connectivity index (χ0v) is 12.4. The van der Waals surface area contributed by atoms with Gasteiger partial charge in [0, 0.05) is 17.5 Å². The molecule has 0 saturated heterocycles. The van der Waals surface area contributed by atoms with Crippen molar-refractivity contribution in [2.24, 2.45) is 11.7 Å². The number of thioether (sulfide) groups is 1. The molecule has 1 aliphatic rings. The molecule has 0 spiro atoms. The lowest BCUT2D eigenvalue weighted by molar-refractivity contribution is -0.118. The number of carbonyl (C=O) groups is 1. The topological polar surface area (TPSA) is 55.1 Å². The first-order valence-corrected chi connectivity index (χ1v) is 7.15. The highest BCUT2D eigenvalue weighted by Gasteiger charge is 2.28. The summed E-state index contributed by atoms with van der Waals surface area (Å²) in [5.41, 5.74) is 5.86. The van der Waals surface area contributed by atoms with Crippen LogP contribution in [-0.4, -0.2) is 24.2 Å². The molecule has 0 heterocycles.